The van der Waals surface area contributed by atoms with Gasteiger partial charge in [-0.3, -0.25) is 4.79 Å². The van der Waals surface area contributed by atoms with Gasteiger partial charge in [0, 0.05) is 5.56 Å². The third-order valence-corrected chi connectivity index (χ3v) is 7.30. The lowest BCUT2D eigenvalue weighted by Crippen LogP contribution is -2.14. The molecule has 1 heterocycles. The number of ether oxygens (including phenoxy) is 3. The van der Waals surface area contributed by atoms with E-state index < -0.39 is 11.9 Å². The van der Waals surface area contributed by atoms with Crippen molar-refractivity contribution in [1.82, 2.24) is 0 Å². The van der Waals surface area contributed by atoms with Gasteiger partial charge in [-0.15, -0.1) is 0 Å². The van der Waals surface area contributed by atoms with Crippen molar-refractivity contribution >= 4 is 58.0 Å². The van der Waals surface area contributed by atoms with Crippen LogP contribution in [0.25, 0.3) is 6.08 Å². The highest BCUT2D eigenvalue weighted by molar-refractivity contribution is 8.18. The molecule has 0 saturated carbocycles. The number of hydrogen-bond acceptors (Lipinski definition) is 7. The molecule has 0 aromatic heterocycles. The third kappa shape index (κ3) is 7.07. The Balaban J connectivity index is 1.62. The molecular formula is C30H25Cl2NO6S. The molecule has 0 unspecified atom stereocenters. The van der Waals surface area contributed by atoms with Crippen molar-refractivity contribution in [3.05, 3.63) is 110 Å². The number of halogens is 2. The van der Waals surface area contributed by atoms with Crippen LogP contribution in [0.5, 0.6) is 11.5 Å². The van der Waals surface area contributed by atoms with Gasteiger partial charge in [0.2, 0.25) is 0 Å². The smallest absolute Gasteiger partial charge is 0.344 e. The minimum absolute atomic E-state index is 0.0580. The zero-order valence-electron chi connectivity index (χ0n) is 21.6. The Hall–Kier alpha value is -3.72. The highest BCUT2D eigenvalue weighted by atomic mass is 35.5. The number of aliphatic hydroxyl groups is 1. The van der Waals surface area contributed by atoms with E-state index in [0.717, 1.165) is 17.3 Å². The number of aliphatic imine (C=N–C) groups is 1. The first-order valence-electron chi connectivity index (χ1n) is 12.3. The topological polar surface area (TPSA) is 94.4 Å². The van der Waals surface area contributed by atoms with Crippen molar-refractivity contribution in [3.63, 3.8) is 0 Å². The van der Waals surface area contributed by atoms with Crippen LogP contribution < -0.4 is 9.47 Å². The zero-order chi connectivity index (χ0) is 28.6. The van der Waals surface area contributed by atoms with E-state index in [2.05, 4.69) is 4.99 Å². The molecule has 0 saturated heterocycles. The Kier molecular flexibility index (Phi) is 9.93. The van der Waals surface area contributed by atoms with E-state index in [0.29, 0.717) is 44.2 Å². The Bertz CT molecular complexity index is 1520. The maximum atomic E-state index is 12.7. The van der Waals surface area contributed by atoms with E-state index in [1.165, 1.54) is 0 Å². The second-order valence-corrected chi connectivity index (χ2v) is 10.2. The van der Waals surface area contributed by atoms with Gasteiger partial charge in [-0.05, 0) is 67.4 Å². The molecule has 1 amide bonds. The van der Waals surface area contributed by atoms with Crippen molar-refractivity contribution in [1.29, 1.82) is 0 Å². The van der Waals surface area contributed by atoms with Crippen LogP contribution in [0, 0.1) is 0 Å². The summed E-state index contributed by atoms with van der Waals surface area (Å²) in [6.07, 6.45) is 1.67. The molecule has 7 nitrogen and oxygen atoms in total. The quantitative estimate of drug-likeness (QED) is 0.253. The first kappa shape index (κ1) is 29.3. The monoisotopic (exact) mass is 597 g/mol. The van der Waals surface area contributed by atoms with E-state index in [4.69, 9.17) is 37.4 Å². The molecule has 10 heteroatoms. The molecule has 3 aromatic rings. The number of benzene rings is 3. The number of esters is 1. The molecule has 4 rings (SSSR count). The maximum absolute atomic E-state index is 12.7. The molecule has 1 N–H and O–H groups in total. The summed E-state index contributed by atoms with van der Waals surface area (Å²) >= 11 is 13.1. The largest absolute Gasteiger partial charge is 0.506 e. The summed E-state index contributed by atoms with van der Waals surface area (Å²) in [4.78, 5) is 29.8. The summed E-state index contributed by atoms with van der Waals surface area (Å²) in [7, 11) is 0. The fraction of sp³-hybridized carbons (Fsp3) is 0.167. The minimum Gasteiger partial charge on any atom is -0.506 e. The number of nitrogens with zero attached hydrogens (tertiary/aromatic N) is 1. The van der Waals surface area contributed by atoms with Crippen molar-refractivity contribution < 1.29 is 28.9 Å². The summed E-state index contributed by atoms with van der Waals surface area (Å²) in [5, 5.41) is 11.9. The molecule has 40 heavy (non-hydrogen) atoms. The highest BCUT2D eigenvalue weighted by Gasteiger charge is 2.34. The van der Waals surface area contributed by atoms with Crippen LogP contribution in [-0.2, 0) is 16.1 Å². The van der Waals surface area contributed by atoms with E-state index >= 15 is 0 Å². The molecule has 1 aliphatic heterocycles. The van der Waals surface area contributed by atoms with Gasteiger partial charge in [0.15, 0.2) is 11.5 Å². The number of thioether (sulfide) groups is 1. The Morgan fingerprint density at radius 1 is 0.925 bits per heavy atom. The van der Waals surface area contributed by atoms with E-state index in [-0.39, 0.29) is 29.6 Å². The van der Waals surface area contributed by atoms with E-state index in [9.17, 15) is 14.7 Å². The van der Waals surface area contributed by atoms with Crippen molar-refractivity contribution in [3.8, 4) is 11.5 Å². The third-order valence-electron chi connectivity index (χ3n) is 5.54. The minimum atomic E-state index is -0.767. The summed E-state index contributed by atoms with van der Waals surface area (Å²) in [5.41, 5.74) is 1.70. The average molecular weight is 599 g/mol. The number of carbonyl (C=O) groups excluding carboxylic acids is 2. The molecule has 0 spiro atoms. The number of aliphatic hydroxyl groups excluding tert-OH is 1. The number of rotatable bonds is 9. The molecule has 206 valence electrons. The van der Waals surface area contributed by atoms with Crippen LogP contribution in [0.1, 0.15) is 35.3 Å². The van der Waals surface area contributed by atoms with E-state index in [1.807, 2.05) is 13.0 Å². The number of hydrogen-bond donors (Lipinski definition) is 1. The van der Waals surface area contributed by atoms with Crippen molar-refractivity contribution in [2.75, 3.05) is 13.2 Å². The summed E-state index contributed by atoms with van der Waals surface area (Å²) in [5.74, 6) is -0.627. The molecule has 0 bridgehead atoms. The maximum Gasteiger partial charge on any atom is 0.344 e. The number of carbonyl (C=O) groups is 2. The van der Waals surface area contributed by atoms with Crippen LogP contribution >= 0.6 is 35.0 Å². The fourth-order valence-electron chi connectivity index (χ4n) is 3.67. The van der Waals surface area contributed by atoms with Gasteiger partial charge >= 0.3 is 5.97 Å². The molecule has 0 atom stereocenters. The second-order valence-electron chi connectivity index (χ2n) is 8.32. The Morgan fingerprint density at radius 2 is 1.70 bits per heavy atom. The van der Waals surface area contributed by atoms with Gasteiger partial charge in [-0.2, -0.15) is 0 Å². The van der Waals surface area contributed by atoms with Gasteiger partial charge in [0.25, 0.3) is 5.91 Å². The first-order chi connectivity index (χ1) is 19.3. The predicted octanol–water partition coefficient (Wildman–Crippen LogP) is 7.67. The molecule has 3 aromatic carbocycles. The lowest BCUT2D eigenvalue weighted by atomic mass is 10.1. The average Bonchev–Trinajstić information content (AvgIpc) is 3.24. The highest BCUT2D eigenvalue weighted by Crippen LogP contribution is 2.40. The van der Waals surface area contributed by atoms with Crippen LogP contribution in [0.2, 0.25) is 10.0 Å². The van der Waals surface area contributed by atoms with Crippen LogP contribution in [0.3, 0.4) is 0 Å². The normalized spacial score (nSPS) is 15.0. The fourth-order valence-corrected chi connectivity index (χ4v) is 5.01. The van der Waals surface area contributed by atoms with Gasteiger partial charge in [-0.25, -0.2) is 9.79 Å². The first-order valence-corrected chi connectivity index (χ1v) is 13.9. The molecule has 0 aliphatic carbocycles. The predicted molar refractivity (Wildman–Crippen MR) is 158 cm³/mol. The lowest BCUT2D eigenvalue weighted by Gasteiger charge is -2.13. The SMILES string of the molecule is CCOC(=O)C1=C(O)/C(=C/c2ccc(OCc3ccc(Cl)c(Cl)c3)c(OCC)c2)SC1=NC(=O)c1ccccc1. The zero-order valence-corrected chi connectivity index (χ0v) is 24.0. The number of amides is 1. The Labute approximate surface area is 246 Å². The molecule has 0 fully saturated rings. The molecule has 1 aliphatic rings. The summed E-state index contributed by atoms with van der Waals surface area (Å²) in [6, 6.07) is 19.0. The summed E-state index contributed by atoms with van der Waals surface area (Å²) < 4.78 is 16.9. The Morgan fingerprint density at radius 3 is 2.40 bits per heavy atom. The second kappa shape index (κ2) is 13.6. The van der Waals surface area contributed by atoms with Crippen LogP contribution in [0.4, 0.5) is 0 Å². The lowest BCUT2D eigenvalue weighted by molar-refractivity contribution is -0.138. The van der Waals surface area contributed by atoms with Gasteiger partial charge in [0.05, 0.1) is 28.2 Å². The molecule has 0 radical (unpaired) electrons. The van der Waals surface area contributed by atoms with Crippen LogP contribution in [-0.4, -0.2) is 35.2 Å². The molecular weight excluding hydrogens is 573 g/mol. The van der Waals surface area contributed by atoms with Gasteiger partial charge in [-0.1, -0.05) is 65.3 Å². The standard InChI is InChI=1S/C30H25Cl2NO6S/c1-3-37-24-15-18(11-13-23(24)39-17-19-10-12-21(31)22(32)14-19)16-25-27(34)26(30(36)38-4-2)29(40-25)33-28(35)20-8-6-5-7-9-20/h5-16,34H,3-4,17H2,1-2H3/b25-16-,33-29?. The van der Waals surface area contributed by atoms with Gasteiger partial charge in [0.1, 0.15) is 23.0 Å². The van der Waals surface area contributed by atoms with Gasteiger partial charge < -0.3 is 19.3 Å². The van der Waals surface area contributed by atoms with E-state index in [1.54, 1.807) is 73.7 Å². The van der Waals surface area contributed by atoms with Crippen molar-refractivity contribution in [2.45, 2.75) is 20.5 Å². The van der Waals surface area contributed by atoms with Crippen LogP contribution in [0.15, 0.2) is 88.0 Å². The van der Waals surface area contributed by atoms with Crippen molar-refractivity contribution in [2.24, 2.45) is 4.99 Å². The summed E-state index contributed by atoms with van der Waals surface area (Å²) in [6.45, 7) is 4.25.